The lowest BCUT2D eigenvalue weighted by Crippen LogP contribution is -2.42. The maximum Gasteiger partial charge on any atom is 0.0804 e. The van der Waals surface area contributed by atoms with Gasteiger partial charge in [-0.25, -0.2) is 0 Å². The van der Waals surface area contributed by atoms with Crippen molar-refractivity contribution in [1.82, 2.24) is 0 Å². The Morgan fingerprint density at radius 2 is 1.04 bits per heavy atom. The third-order valence-electron chi connectivity index (χ3n) is 5.57. The van der Waals surface area contributed by atoms with E-state index in [1.807, 2.05) is 0 Å². The van der Waals surface area contributed by atoms with Crippen LogP contribution in [0.1, 0.15) is 74.7 Å². The molecule has 2 unspecified atom stereocenters. The van der Waals surface area contributed by atoms with Crippen LogP contribution in [0.25, 0.3) is 0 Å². The Morgan fingerprint density at radius 3 is 1.35 bits per heavy atom. The van der Waals surface area contributed by atoms with E-state index >= 15 is 0 Å². The van der Waals surface area contributed by atoms with Gasteiger partial charge in [0.25, 0.3) is 0 Å². The van der Waals surface area contributed by atoms with E-state index in [2.05, 4.69) is 67.5 Å². The molecule has 0 aromatic rings. The summed E-state index contributed by atoms with van der Waals surface area (Å²) in [6, 6.07) is 0. The SMILES string of the molecule is CC1(C)C=C(CC2=CC(C)(C)CC(C)(C)C2O)C(O)C(C)(C)C1. The van der Waals surface area contributed by atoms with Crippen molar-refractivity contribution < 1.29 is 10.2 Å². The van der Waals surface area contributed by atoms with E-state index in [-0.39, 0.29) is 21.7 Å². The molecule has 0 heterocycles. The second-order valence-electron chi connectivity index (χ2n) is 10.7. The van der Waals surface area contributed by atoms with Gasteiger partial charge in [-0.15, -0.1) is 0 Å². The fourth-order valence-electron chi connectivity index (χ4n) is 5.34. The monoisotopic (exact) mass is 320 g/mol. The average molecular weight is 321 g/mol. The molecule has 0 aliphatic heterocycles. The Kier molecular flexibility index (Phi) is 4.44. The molecule has 0 saturated carbocycles. The molecule has 0 saturated heterocycles. The second-order valence-corrected chi connectivity index (χ2v) is 10.7. The molecule has 2 heteroatoms. The minimum Gasteiger partial charge on any atom is -0.388 e. The Hall–Kier alpha value is -0.600. The molecule has 2 aliphatic carbocycles. The van der Waals surface area contributed by atoms with E-state index in [4.69, 9.17) is 0 Å². The number of aliphatic hydroxyl groups excluding tert-OH is 2. The van der Waals surface area contributed by atoms with E-state index in [0.29, 0.717) is 6.42 Å². The van der Waals surface area contributed by atoms with Gasteiger partial charge in [-0.1, -0.05) is 67.5 Å². The number of allylic oxidation sites excluding steroid dienone is 2. The highest BCUT2D eigenvalue weighted by atomic mass is 16.3. The maximum absolute atomic E-state index is 10.8. The topological polar surface area (TPSA) is 40.5 Å². The van der Waals surface area contributed by atoms with Gasteiger partial charge < -0.3 is 10.2 Å². The van der Waals surface area contributed by atoms with Gasteiger partial charge in [0.2, 0.25) is 0 Å². The molecule has 2 N–H and O–H groups in total. The lowest BCUT2D eigenvalue weighted by Gasteiger charge is -2.46. The highest BCUT2D eigenvalue weighted by Gasteiger charge is 2.43. The van der Waals surface area contributed by atoms with E-state index in [0.717, 1.165) is 24.0 Å². The van der Waals surface area contributed by atoms with Crippen molar-refractivity contribution >= 4 is 0 Å². The molecule has 0 amide bonds. The zero-order valence-electron chi connectivity index (χ0n) is 16.3. The minimum absolute atomic E-state index is 0.0866. The molecule has 2 rings (SSSR count). The number of hydrogen-bond donors (Lipinski definition) is 2. The van der Waals surface area contributed by atoms with Crippen LogP contribution in [0.5, 0.6) is 0 Å². The number of hydrogen-bond acceptors (Lipinski definition) is 2. The zero-order valence-corrected chi connectivity index (χ0v) is 16.3. The van der Waals surface area contributed by atoms with Gasteiger partial charge in [0.05, 0.1) is 12.2 Å². The molecule has 0 fully saturated rings. The van der Waals surface area contributed by atoms with Crippen molar-refractivity contribution in [3.63, 3.8) is 0 Å². The van der Waals surface area contributed by atoms with E-state index < -0.39 is 12.2 Å². The molecule has 0 aromatic heterocycles. The molecule has 2 nitrogen and oxygen atoms in total. The van der Waals surface area contributed by atoms with Crippen LogP contribution >= 0.6 is 0 Å². The summed E-state index contributed by atoms with van der Waals surface area (Å²) in [5.41, 5.74) is 2.07. The lowest BCUT2D eigenvalue weighted by molar-refractivity contribution is 0.0252. The fraction of sp³-hybridized carbons (Fsp3) is 0.810. The van der Waals surface area contributed by atoms with Gasteiger partial charge in [-0.05, 0) is 52.1 Å². The summed E-state index contributed by atoms with van der Waals surface area (Å²) in [6.07, 6.45) is 6.25. The first kappa shape index (κ1) is 18.7. The van der Waals surface area contributed by atoms with Crippen LogP contribution in [-0.2, 0) is 0 Å². The van der Waals surface area contributed by atoms with Gasteiger partial charge in [0.15, 0.2) is 0 Å². The van der Waals surface area contributed by atoms with Gasteiger partial charge in [0, 0.05) is 0 Å². The number of aliphatic hydroxyl groups is 2. The van der Waals surface area contributed by atoms with Gasteiger partial charge in [-0.3, -0.25) is 0 Å². The van der Waals surface area contributed by atoms with Gasteiger partial charge in [-0.2, -0.15) is 0 Å². The third kappa shape index (κ3) is 3.91. The second kappa shape index (κ2) is 5.46. The van der Waals surface area contributed by atoms with Crippen LogP contribution in [0.15, 0.2) is 23.3 Å². The summed E-state index contributed by atoms with van der Waals surface area (Å²) in [7, 11) is 0. The molecule has 132 valence electrons. The first-order chi connectivity index (χ1) is 10.2. The van der Waals surface area contributed by atoms with Crippen molar-refractivity contribution in [3.8, 4) is 0 Å². The molecule has 0 spiro atoms. The molecule has 2 aliphatic rings. The highest BCUT2D eigenvalue weighted by molar-refractivity contribution is 5.31. The van der Waals surface area contributed by atoms with Crippen LogP contribution < -0.4 is 0 Å². The number of rotatable bonds is 2. The van der Waals surface area contributed by atoms with Crippen molar-refractivity contribution in [2.45, 2.75) is 86.9 Å². The van der Waals surface area contributed by atoms with E-state index in [9.17, 15) is 10.2 Å². The van der Waals surface area contributed by atoms with Crippen molar-refractivity contribution in [3.05, 3.63) is 23.3 Å². The van der Waals surface area contributed by atoms with Crippen LogP contribution in [0.4, 0.5) is 0 Å². The summed E-state index contributed by atoms with van der Waals surface area (Å²) in [4.78, 5) is 0. The largest absolute Gasteiger partial charge is 0.388 e. The summed E-state index contributed by atoms with van der Waals surface area (Å²) in [5.74, 6) is 0. The lowest BCUT2D eigenvalue weighted by atomic mass is 9.61. The fourth-order valence-corrected chi connectivity index (χ4v) is 5.34. The summed E-state index contributed by atoms with van der Waals surface area (Å²) >= 11 is 0. The molecular formula is C21H36O2. The molecule has 23 heavy (non-hydrogen) atoms. The third-order valence-corrected chi connectivity index (χ3v) is 5.57. The predicted molar refractivity (Wildman–Crippen MR) is 97.2 cm³/mol. The normalized spacial score (nSPS) is 34.5. The van der Waals surface area contributed by atoms with Gasteiger partial charge >= 0.3 is 0 Å². The smallest absolute Gasteiger partial charge is 0.0804 e. The van der Waals surface area contributed by atoms with Crippen LogP contribution in [0.2, 0.25) is 0 Å². The Morgan fingerprint density at radius 1 is 0.739 bits per heavy atom. The Bertz CT molecular complexity index is 484. The molecule has 0 bridgehead atoms. The first-order valence-electron chi connectivity index (χ1n) is 8.95. The van der Waals surface area contributed by atoms with Crippen LogP contribution in [0.3, 0.4) is 0 Å². The van der Waals surface area contributed by atoms with E-state index in [1.54, 1.807) is 0 Å². The summed E-state index contributed by atoms with van der Waals surface area (Å²) < 4.78 is 0. The maximum atomic E-state index is 10.8. The van der Waals surface area contributed by atoms with Crippen LogP contribution in [0, 0.1) is 21.7 Å². The van der Waals surface area contributed by atoms with Crippen molar-refractivity contribution in [2.24, 2.45) is 21.7 Å². The van der Waals surface area contributed by atoms with E-state index in [1.165, 1.54) is 0 Å². The molecular weight excluding hydrogens is 284 g/mol. The standard InChI is InChI=1S/C21H36O2/c1-18(2)10-14(16(22)20(5,6)12-18)9-15-11-19(3,4)13-21(7,8)17(15)23/h10-11,16-17,22-23H,9,12-13H2,1-8H3. The average Bonchev–Trinajstić information content (AvgIpc) is 2.28. The van der Waals surface area contributed by atoms with Crippen molar-refractivity contribution in [2.75, 3.05) is 0 Å². The molecule has 0 radical (unpaired) electrons. The first-order valence-corrected chi connectivity index (χ1v) is 8.95. The van der Waals surface area contributed by atoms with Gasteiger partial charge in [0.1, 0.15) is 0 Å². The predicted octanol–water partition coefficient (Wildman–Crippen LogP) is 4.86. The van der Waals surface area contributed by atoms with Crippen molar-refractivity contribution in [1.29, 1.82) is 0 Å². The summed E-state index contributed by atoms with van der Waals surface area (Å²) in [6.45, 7) is 17.5. The molecule has 2 atom stereocenters. The molecule has 0 aromatic carbocycles. The minimum atomic E-state index is -0.434. The highest BCUT2D eigenvalue weighted by Crippen LogP contribution is 2.49. The Balaban J connectivity index is 2.37. The van der Waals surface area contributed by atoms with Crippen LogP contribution in [-0.4, -0.2) is 22.4 Å². The Labute approximate surface area is 142 Å². The zero-order chi connectivity index (χ0) is 17.8. The summed E-state index contributed by atoms with van der Waals surface area (Å²) in [5, 5.41) is 21.7. The quantitative estimate of drug-likeness (QED) is 0.713.